The van der Waals surface area contributed by atoms with Crippen LogP contribution in [0.25, 0.3) is 0 Å². The molecular formula is C12H16ClFN2O2S. The van der Waals surface area contributed by atoms with Crippen LogP contribution in [0.1, 0.15) is 19.3 Å². The van der Waals surface area contributed by atoms with Crippen LogP contribution in [-0.2, 0) is 10.0 Å². The maximum Gasteiger partial charge on any atom is 0.246 e. The van der Waals surface area contributed by atoms with Crippen LogP contribution in [0.15, 0.2) is 23.1 Å². The zero-order valence-electron chi connectivity index (χ0n) is 10.4. The van der Waals surface area contributed by atoms with E-state index < -0.39 is 15.8 Å². The molecule has 0 aliphatic carbocycles. The largest absolute Gasteiger partial charge is 0.329 e. The van der Waals surface area contributed by atoms with Crippen LogP contribution >= 0.6 is 11.6 Å². The molecule has 0 saturated carbocycles. The molecule has 106 valence electrons. The van der Waals surface area contributed by atoms with E-state index in [2.05, 4.69) is 0 Å². The highest BCUT2D eigenvalue weighted by molar-refractivity contribution is 7.89. The molecule has 1 atom stereocenters. The van der Waals surface area contributed by atoms with Gasteiger partial charge in [-0.3, -0.25) is 0 Å². The predicted molar refractivity (Wildman–Crippen MR) is 72.0 cm³/mol. The average molecular weight is 307 g/mol. The van der Waals surface area contributed by atoms with Crippen LogP contribution in [0.4, 0.5) is 4.39 Å². The molecule has 1 saturated heterocycles. The average Bonchev–Trinajstić information content (AvgIpc) is 2.41. The summed E-state index contributed by atoms with van der Waals surface area (Å²) >= 11 is 5.65. The topological polar surface area (TPSA) is 63.4 Å². The molecule has 0 spiro atoms. The van der Waals surface area contributed by atoms with E-state index in [0.717, 1.165) is 12.8 Å². The lowest BCUT2D eigenvalue weighted by Gasteiger charge is -2.33. The quantitative estimate of drug-likeness (QED) is 0.929. The molecule has 1 aromatic carbocycles. The third kappa shape index (κ3) is 2.76. The number of nitrogens with zero attached hydrogens (tertiary/aromatic N) is 1. The van der Waals surface area contributed by atoms with Crippen LogP contribution in [-0.4, -0.2) is 31.9 Å². The summed E-state index contributed by atoms with van der Waals surface area (Å²) < 4.78 is 40.2. The van der Waals surface area contributed by atoms with E-state index in [-0.39, 0.29) is 22.5 Å². The summed E-state index contributed by atoms with van der Waals surface area (Å²) in [7, 11) is -3.88. The van der Waals surface area contributed by atoms with Gasteiger partial charge in [-0.15, -0.1) is 0 Å². The molecule has 7 heteroatoms. The van der Waals surface area contributed by atoms with Gasteiger partial charge in [-0.1, -0.05) is 24.1 Å². The number of rotatable bonds is 3. The Labute approximate surface area is 117 Å². The number of benzene rings is 1. The standard InChI is InChI=1S/C12H16ClFN2O2S/c13-10-5-3-6-11(12(10)14)19(17,18)16-7-2-1-4-9(16)8-15/h3,5-6,9H,1-2,4,7-8,15H2. The molecule has 4 nitrogen and oxygen atoms in total. The Hall–Kier alpha value is -0.690. The number of nitrogens with two attached hydrogens (primary N) is 1. The van der Waals surface area contributed by atoms with E-state index in [4.69, 9.17) is 17.3 Å². The molecule has 2 rings (SSSR count). The van der Waals surface area contributed by atoms with Crippen molar-refractivity contribution in [1.82, 2.24) is 4.31 Å². The van der Waals surface area contributed by atoms with Gasteiger partial charge >= 0.3 is 0 Å². The van der Waals surface area contributed by atoms with Crippen molar-refractivity contribution in [3.8, 4) is 0 Å². The van der Waals surface area contributed by atoms with Crippen LogP contribution in [0.3, 0.4) is 0 Å². The Morgan fingerprint density at radius 1 is 1.42 bits per heavy atom. The maximum absolute atomic E-state index is 13.9. The minimum Gasteiger partial charge on any atom is -0.329 e. The van der Waals surface area contributed by atoms with Crippen molar-refractivity contribution in [3.05, 3.63) is 29.0 Å². The zero-order valence-corrected chi connectivity index (χ0v) is 11.9. The fraction of sp³-hybridized carbons (Fsp3) is 0.500. The van der Waals surface area contributed by atoms with E-state index in [1.54, 1.807) is 0 Å². The molecule has 1 fully saturated rings. The van der Waals surface area contributed by atoms with Crippen LogP contribution in [0.5, 0.6) is 0 Å². The summed E-state index contributed by atoms with van der Waals surface area (Å²) in [6, 6.07) is 3.72. The van der Waals surface area contributed by atoms with Crippen LogP contribution in [0.2, 0.25) is 5.02 Å². The summed E-state index contributed by atoms with van der Waals surface area (Å²) in [5.74, 6) is -0.898. The molecule has 1 unspecified atom stereocenters. The van der Waals surface area contributed by atoms with Crippen LogP contribution < -0.4 is 5.73 Å². The van der Waals surface area contributed by atoms with Crippen molar-refractivity contribution in [2.45, 2.75) is 30.2 Å². The molecule has 1 aliphatic heterocycles. The molecule has 1 heterocycles. The number of hydrogen-bond acceptors (Lipinski definition) is 3. The van der Waals surface area contributed by atoms with Gasteiger partial charge < -0.3 is 5.73 Å². The second-order valence-electron chi connectivity index (χ2n) is 4.55. The fourth-order valence-corrected chi connectivity index (χ4v) is 4.36. The van der Waals surface area contributed by atoms with E-state index >= 15 is 0 Å². The predicted octanol–water partition coefficient (Wildman–Crippen LogP) is 1.98. The van der Waals surface area contributed by atoms with Gasteiger partial charge in [-0.05, 0) is 25.0 Å². The van der Waals surface area contributed by atoms with E-state index in [9.17, 15) is 12.8 Å². The van der Waals surface area contributed by atoms with Gasteiger partial charge in [0, 0.05) is 19.1 Å². The summed E-state index contributed by atoms with van der Waals surface area (Å²) in [4.78, 5) is -0.375. The summed E-state index contributed by atoms with van der Waals surface area (Å²) in [6.45, 7) is 0.609. The highest BCUT2D eigenvalue weighted by Gasteiger charge is 2.34. The SMILES string of the molecule is NCC1CCCCN1S(=O)(=O)c1cccc(Cl)c1F. The molecule has 19 heavy (non-hydrogen) atoms. The number of piperidine rings is 1. The monoisotopic (exact) mass is 306 g/mol. The normalized spacial score (nSPS) is 21.5. The van der Waals surface area contributed by atoms with Crippen molar-refractivity contribution in [2.75, 3.05) is 13.1 Å². The van der Waals surface area contributed by atoms with Gasteiger partial charge in [0.2, 0.25) is 10.0 Å². The van der Waals surface area contributed by atoms with E-state index in [0.29, 0.717) is 13.0 Å². The van der Waals surface area contributed by atoms with Crippen molar-refractivity contribution in [1.29, 1.82) is 0 Å². The van der Waals surface area contributed by atoms with Gasteiger partial charge in [0.25, 0.3) is 0 Å². The Kier molecular flexibility index (Phi) is 4.45. The Morgan fingerprint density at radius 3 is 2.84 bits per heavy atom. The van der Waals surface area contributed by atoms with Crippen molar-refractivity contribution >= 4 is 21.6 Å². The molecule has 0 aromatic heterocycles. The Balaban J connectivity index is 2.44. The number of halogens is 2. The second kappa shape index (κ2) is 5.75. The lowest BCUT2D eigenvalue weighted by atomic mass is 10.1. The van der Waals surface area contributed by atoms with E-state index in [1.807, 2.05) is 0 Å². The highest BCUT2D eigenvalue weighted by atomic mass is 35.5. The van der Waals surface area contributed by atoms with Gasteiger partial charge in [0.05, 0.1) is 5.02 Å². The molecule has 0 radical (unpaired) electrons. The first-order chi connectivity index (χ1) is 8.98. The van der Waals surface area contributed by atoms with Crippen molar-refractivity contribution < 1.29 is 12.8 Å². The van der Waals surface area contributed by atoms with Crippen molar-refractivity contribution in [3.63, 3.8) is 0 Å². The first-order valence-electron chi connectivity index (χ1n) is 6.14. The lowest BCUT2D eigenvalue weighted by molar-refractivity contribution is 0.257. The summed E-state index contributed by atoms with van der Waals surface area (Å²) in [5, 5.41) is -0.192. The van der Waals surface area contributed by atoms with Crippen molar-refractivity contribution in [2.24, 2.45) is 5.73 Å². The third-order valence-corrected chi connectivity index (χ3v) is 5.61. The minimum atomic E-state index is -3.88. The number of sulfonamides is 1. The third-order valence-electron chi connectivity index (χ3n) is 3.35. The van der Waals surface area contributed by atoms with Gasteiger partial charge in [-0.25, -0.2) is 12.8 Å². The maximum atomic E-state index is 13.9. The smallest absolute Gasteiger partial charge is 0.246 e. The fourth-order valence-electron chi connectivity index (χ4n) is 2.34. The lowest BCUT2D eigenvalue weighted by Crippen LogP contribution is -2.47. The zero-order chi connectivity index (χ0) is 14.0. The summed E-state index contributed by atoms with van der Waals surface area (Å²) in [6.07, 6.45) is 2.40. The second-order valence-corrected chi connectivity index (χ2v) is 6.82. The minimum absolute atomic E-state index is 0.192. The summed E-state index contributed by atoms with van der Waals surface area (Å²) in [5.41, 5.74) is 5.61. The first kappa shape index (κ1) is 14.7. The number of hydrogen-bond donors (Lipinski definition) is 1. The Bertz CT molecular complexity index is 565. The Morgan fingerprint density at radius 2 is 2.16 bits per heavy atom. The van der Waals surface area contributed by atoms with Gasteiger partial charge in [0.1, 0.15) is 4.90 Å². The molecular weight excluding hydrogens is 291 g/mol. The highest BCUT2D eigenvalue weighted by Crippen LogP contribution is 2.28. The van der Waals surface area contributed by atoms with E-state index in [1.165, 1.54) is 22.5 Å². The molecule has 1 aromatic rings. The van der Waals surface area contributed by atoms with Gasteiger partial charge in [0.15, 0.2) is 5.82 Å². The molecule has 1 aliphatic rings. The van der Waals surface area contributed by atoms with Gasteiger partial charge in [-0.2, -0.15) is 4.31 Å². The molecule has 2 N–H and O–H groups in total. The first-order valence-corrected chi connectivity index (χ1v) is 7.96. The molecule has 0 bridgehead atoms. The van der Waals surface area contributed by atoms with Crippen LogP contribution in [0, 0.1) is 5.82 Å². The molecule has 0 amide bonds.